The van der Waals surface area contributed by atoms with Gasteiger partial charge in [-0.2, -0.15) is 0 Å². The lowest BCUT2D eigenvalue weighted by atomic mass is 9.64. The van der Waals surface area contributed by atoms with Crippen molar-refractivity contribution in [3.8, 4) is 0 Å². The topological polar surface area (TPSA) is 60.2 Å². The highest BCUT2D eigenvalue weighted by Crippen LogP contribution is 2.48. The Morgan fingerprint density at radius 3 is 1.65 bits per heavy atom. The average molecular weight is 341 g/mol. The van der Waals surface area contributed by atoms with Gasteiger partial charge in [0.2, 0.25) is 0 Å². The highest BCUT2D eigenvalue weighted by molar-refractivity contribution is 6.33. The van der Waals surface area contributed by atoms with Gasteiger partial charge in [0.05, 0.1) is 0 Å². The number of Topliss-reactive ketones (excluding diaryl/α,β-unsaturated/α-hetero) is 2. The average Bonchev–Trinajstić information content (AvgIpc) is 2.93. The summed E-state index contributed by atoms with van der Waals surface area (Å²) in [5.74, 6) is -0.759. The van der Waals surface area contributed by atoms with E-state index in [1.54, 1.807) is 24.3 Å². The normalized spacial score (nSPS) is 16.3. The summed E-state index contributed by atoms with van der Waals surface area (Å²) in [5.41, 5.74) is 7.40. The van der Waals surface area contributed by atoms with Crippen LogP contribution in [-0.4, -0.2) is 18.1 Å². The van der Waals surface area contributed by atoms with Crippen molar-refractivity contribution in [2.24, 2.45) is 5.73 Å². The van der Waals surface area contributed by atoms with E-state index in [0.717, 1.165) is 5.56 Å². The molecule has 0 saturated heterocycles. The molecule has 3 aromatic carbocycles. The van der Waals surface area contributed by atoms with E-state index < -0.39 is 11.3 Å². The summed E-state index contributed by atoms with van der Waals surface area (Å²) < 4.78 is 0. The molecule has 26 heavy (non-hydrogen) atoms. The number of rotatable bonds is 4. The van der Waals surface area contributed by atoms with Gasteiger partial charge in [-0.15, -0.1) is 0 Å². The van der Waals surface area contributed by atoms with Crippen molar-refractivity contribution in [2.75, 3.05) is 6.54 Å². The molecule has 1 atom stereocenters. The SMILES string of the molecule is NCC(c1ccccc1)C1(c2ccccc2)C(=O)c2ccccc2C1=O. The zero-order chi connectivity index (χ0) is 18.1. The minimum atomic E-state index is -1.32. The lowest BCUT2D eigenvalue weighted by molar-refractivity contribution is 0.0764. The molecular formula is C23H19NO2. The molecule has 0 bridgehead atoms. The van der Waals surface area contributed by atoms with E-state index in [1.165, 1.54) is 0 Å². The van der Waals surface area contributed by atoms with Gasteiger partial charge >= 0.3 is 0 Å². The molecule has 1 unspecified atom stereocenters. The molecule has 1 aliphatic carbocycles. The van der Waals surface area contributed by atoms with E-state index in [9.17, 15) is 9.59 Å². The second-order valence-corrected chi connectivity index (χ2v) is 6.58. The van der Waals surface area contributed by atoms with Gasteiger partial charge in [-0.1, -0.05) is 84.9 Å². The predicted molar refractivity (Wildman–Crippen MR) is 101 cm³/mol. The van der Waals surface area contributed by atoms with Crippen molar-refractivity contribution < 1.29 is 9.59 Å². The molecule has 1 aliphatic rings. The molecule has 0 spiro atoms. The van der Waals surface area contributed by atoms with E-state index in [4.69, 9.17) is 5.73 Å². The van der Waals surface area contributed by atoms with E-state index >= 15 is 0 Å². The van der Waals surface area contributed by atoms with Crippen LogP contribution in [0.5, 0.6) is 0 Å². The molecule has 0 fully saturated rings. The summed E-state index contributed by atoms with van der Waals surface area (Å²) in [6.45, 7) is 0.199. The van der Waals surface area contributed by atoms with E-state index in [0.29, 0.717) is 16.7 Å². The Balaban J connectivity index is 2.02. The fourth-order valence-electron chi connectivity index (χ4n) is 4.14. The molecule has 4 rings (SSSR count). The fourth-order valence-corrected chi connectivity index (χ4v) is 4.14. The number of carbonyl (C=O) groups excluding carboxylic acids is 2. The standard InChI is InChI=1S/C23H19NO2/c24-15-20(16-9-3-1-4-10-16)23(17-11-5-2-6-12-17)21(25)18-13-7-8-14-19(18)22(23)26/h1-14,20H,15,24H2. The molecule has 0 amide bonds. The van der Waals surface area contributed by atoms with Crippen molar-refractivity contribution in [3.63, 3.8) is 0 Å². The molecule has 3 heteroatoms. The van der Waals surface area contributed by atoms with Crippen molar-refractivity contribution in [1.29, 1.82) is 0 Å². The van der Waals surface area contributed by atoms with Gasteiger partial charge in [0.25, 0.3) is 0 Å². The van der Waals surface area contributed by atoms with Crippen LogP contribution in [0.2, 0.25) is 0 Å². The Hall–Kier alpha value is -3.04. The van der Waals surface area contributed by atoms with Gasteiger partial charge in [0.1, 0.15) is 5.41 Å². The summed E-state index contributed by atoms with van der Waals surface area (Å²) in [6, 6.07) is 26.0. The van der Waals surface area contributed by atoms with E-state index in [-0.39, 0.29) is 18.1 Å². The molecule has 2 N–H and O–H groups in total. The fraction of sp³-hybridized carbons (Fsp3) is 0.130. The molecule has 3 nitrogen and oxygen atoms in total. The number of nitrogens with two attached hydrogens (primary N) is 1. The third kappa shape index (κ3) is 2.18. The maximum atomic E-state index is 13.6. The minimum Gasteiger partial charge on any atom is -0.330 e. The molecule has 0 aliphatic heterocycles. The second-order valence-electron chi connectivity index (χ2n) is 6.58. The van der Waals surface area contributed by atoms with Crippen molar-refractivity contribution >= 4 is 11.6 Å². The maximum Gasteiger partial charge on any atom is 0.182 e. The predicted octanol–water partition coefficient (Wildman–Crippen LogP) is 3.75. The molecule has 128 valence electrons. The van der Waals surface area contributed by atoms with Crippen LogP contribution in [0.15, 0.2) is 84.9 Å². The van der Waals surface area contributed by atoms with Gasteiger partial charge in [0.15, 0.2) is 11.6 Å². The van der Waals surface area contributed by atoms with Crippen LogP contribution in [0.25, 0.3) is 0 Å². The van der Waals surface area contributed by atoms with Crippen LogP contribution in [0, 0.1) is 0 Å². The van der Waals surface area contributed by atoms with Gasteiger partial charge in [-0.05, 0) is 11.1 Å². The molecule has 0 radical (unpaired) electrons. The third-order valence-electron chi connectivity index (χ3n) is 5.32. The van der Waals surface area contributed by atoms with Crippen LogP contribution >= 0.6 is 0 Å². The first-order valence-electron chi connectivity index (χ1n) is 8.70. The van der Waals surface area contributed by atoms with Crippen LogP contribution < -0.4 is 5.73 Å². The number of carbonyl (C=O) groups is 2. The smallest absolute Gasteiger partial charge is 0.182 e. The molecule has 3 aromatic rings. The first-order chi connectivity index (χ1) is 12.7. The summed E-state index contributed by atoms with van der Waals surface area (Å²) in [4.78, 5) is 27.3. The quantitative estimate of drug-likeness (QED) is 0.735. The summed E-state index contributed by atoms with van der Waals surface area (Å²) in [6.07, 6.45) is 0. The van der Waals surface area contributed by atoms with Gasteiger partial charge < -0.3 is 5.73 Å². The first kappa shape index (κ1) is 16.4. The van der Waals surface area contributed by atoms with E-state index in [2.05, 4.69) is 0 Å². The van der Waals surface area contributed by atoms with Gasteiger partial charge in [-0.3, -0.25) is 9.59 Å². The van der Waals surface area contributed by atoms with Crippen molar-refractivity contribution in [1.82, 2.24) is 0 Å². The molecule has 0 aromatic heterocycles. The third-order valence-corrected chi connectivity index (χ3v) is 5.32. The lowest BCUT2D eigenvalue weighted by Crippen LogP contribution is -2.47. The number of ketones is 2. The van der Waals surface area contributed by atoms with Crippen LogP contribution in [0.3, 0.4) is 0 Å². The zero-order valence-electron chi connectivity index (χ0n) is 14.3. The van der Waals surface area contributed by atoms with Crippen LogP contribution in [0.4, 0.5) is 0 Å². The first-order valence-corrected chi connectivity index (χ1v) is 8.70. The Bertz CT molecular complexity index is 929. The Morgan fingerprint density at radius 1 is 0.692 bits per heavy atom. The van der Waals surface area contributed by atoms with Gasteiger partial charge in [-0.25, -0.2) is 0 Å². The van der Waals surface area contributed by atoms with Crippen molar-refractivity contribution in [3.05, 3.63) is 107 Å². The summed E-state index contributed by atoms with van der Waals surface area (Å²) in [7, 11) is 0. The van der Waals surface area contributed by atoms with E-state index in [1.807, 2.05) is 60.7 Å². The molecule has 0 heterocycles. The summed E-state index contributed by atoms with van der Waals surface area (Å²) in [5, 5.41) is 0. The van der Waals surface area contributed by atoms with Crippen LogP contribution in [-0.2, 0) is 5.41 Å². The zero-order valence-corrected chi connectivity index (χ0v) is 14.3. The largest absolute Gasteiger partial charge is 0.330 e. The monoisotopic (exact) mass is 341 g/mol. The second kappa shape index (κ2) is 6.36. The highest BCUT2D eigenvalue weighted by Gasteiger charge is 2.58. The Labute approximate surface area is 152 Å². The number of fused-ring (bicyclic) bond motifs is 1. The molecular weight excluding hydrogens is 322 g/mol. The highest BCUT2D eigenvalue weighted by atomic mass is 16.2. The number of hydrogen-bond donors (Lipinski definition) is 1. The Morgan fingerprint density at radius 2 is 1.15 bits per heavy atom. The maximum absolute atomic E-state index is 13.6. The number of benzene rings is 3. The summed E-state index contributed by atoms with van der Waals surface area (Å²) >= 11 is 0. The van der Waals surface area contributed by atoms with Gasteiger partial charge in [0, 0.05) is 23.6 Å². The lowest BCUT2D eigenvalue weighted by Gasteiger charge is -2.35. The number of hydrogen-bond acceptors (Lipinski definition) is 3. The minimum absolute atomic E-state index is 0.163. The van der Waals surface area contributed by atoms with Crippen molar-refractivity contribution in [2.45, 2.75) is 11.3 Å². The Kier molecular flexibility index (Phi) is 4.02. The van der Waals surface area contributed by atoms with Crippen LogP contribution in [0.1, 0.15) is 37.8 Å². The molecule has 0 saturated carbocycles.